The number of carbonyl (C=O) groups excluding carboxylic acids is 1. The van der Waals surface area contributed by atoms with Crippen molar-refractivity contribution in [3.8, 4) is 10.6 Å². The molecule has 0 spiro atoms. The van der Waals surface area contributed by atoms with Crippen LogP contribution in [0.25, 0.3) is 20.8 Å². The molecule has 0 atom stereocenters. The van der Waals surface area contributed by atoms with Crippen molar-refractivity contribution in [3.05, 3.63) is 66.0 Å². The lowest BCUT2D eigenvalue weighted by molar-refractivity contribution is -0.138. The summed E-state index contributed by atoms with van der Waals surface area (Å²) in [6.45, 7) is 1.41. The van der Waals surface area contributed by atoms with E-state index in [0.29, 0.717) is 36.8 Å². The van der Waals surface area contributed by atoms with Crippen LogP contribution in [0.2, 0.25) is 0 Å². The number of sulfonamides is 1. The van der Waals surface area contributed by atoms with Crippen LogP contribution < -0.4 is 4.72 Å². The van der Waals surface area contributed by atoms with Gasteiger partial charge in [0.05, 0.1) is 40.1 Å². The summed E-state index contributed by atoms with van der Waals surface area (Å²) in [7, 11) is -3.51. The minimum Gasteiger partial charge on any atom is -0.320 e. The van der Waals surface area contributed by atoms with E-state index in [-0.39, 0.29) is 17.8 Å². The highest BCUT2D eigenvalue weighted by Gasteiger charge is 2.35. The molecular formula is C24H23F3N6O3S2. The van der Waals surface area contributed by atoms with Crippen LogP contribution >= 0.6 is 11.3 Å². The van der Waals surface area contributed by atoms with Gasteiger partial charge in [0.2, 0.25) is 10.0 Å². The fraction of sp³-hybridized carbons (Fsp3) is 0.292. The Kier molecular flexibility index (Phi) is 6.88. The molecule has 38 heavy (non-hydrogen) atoms. The van der Waals surface area contributed by atoms with Gasteiger partial charge in [0.15, 0.2) is 0 Å². The number of nitrogens with zero attached hydrogens (tertiary/aromatic N) is 5. The molecule has 1 amide bonds. The van der Waals surface area contributed by atoms with Gasteiger partial charge >= 0.3 is 12.2 Å². The second-order valence-electron chi connectivity index (χ2n) is 8.95. The van der Waals surface area contributed by atoms with Gasteiger partial charge in [-0.1, -0.05) is 24.3 Å². The number of hydrogen-bond acceptors (Lipinski definition) is 7. The number of hydrogen-bond donors (Lipinski definition) is 1. The Labute approximate surface area is 220 Å². The third kappa shape index (κ3) is 5.81. The van der Waals surface area contributed by atoms with Crippen LogP contribution in [0.1, 0.15) is 11.1 Å². The van der Waals surface area contributed by atoms with Gasteiger partial charge in [-0.15, -0.1) is 11.3 Å². The molecule has 3 heterocycles. The summed E-state index contributed by atoms with van der Waals surface area (Å²) in [4.78, 5) is 20.6. The van der Waals surface area contributed by atoms with Gasteiger partial charge in [0, 0.05) is 38.3 Å². The summed E-state index contributed by atoms with van der Waals surface area (Å²) in [5.74, 6) is 0. The van der Waals surface area contributed by atoms with E-state index in [1.54, 1.807) is 6.07 Å². The Morgan fingerprint density at radius 1 is 1.11 bits per heavy atom. The van der Waals surface area contributed by atoms with Gasteiger partial charge in [-0.05, 0) is 23.8 Å². The van der Waals surface area contributed by atoms with Gasteiger partial charge in [-0.3, -0.25) is 9.62 Å². The van der Waals surface area contributed by atoms with Crippen molar-refractivity contribution < 1.29 is 26.4 Å². The Hall–Kier alpha value is -3.49. The Morgan fingerprint density at radius 2 is 1.84 bits per heavy atom. The van der Waals surface area contributed by atoms with Crippen LogP contribution in [0.4, 0.5) is 23.7 Å². The predicted octanol–water partition coefficient (Wildman–Crippen LogP) is 4.34. The Balaban J connectivity index is 1.27. The van der Waals surface area contributed by atoms with E-state index < -0.39 is 27.8 Å². The molecule has 14 heteroatoms. The average molecular weight is 565 g/mol. The molecule has 0 radical (unpaired) electrons. The topological polar surface area (TPSA) is 100 Å². The number of piperazine rings is 1. The number of para-hydroxylation sites is 1. The zero-order valence-electron chi connectivity index (χ0n) is 20.1. The first-order chi connectivity index (χ1) is 18.0. The number of alkyl halides is 3. The van der Waals surface area contributed by atoms with Crippen LogP contribution in [0.15, 0.2) is 54.9 Å². The third-order valence-corrected chi connectivity index (χ3v) is 7.77. The van der Waals surface area contributed by atoms with Gasteiger partial charge in [0.25, 0.3) is 0 Å². The maximum Gasteiger partial charge on any atom is 0.416 e. The number of rotatable bonds is 5. The zero-order chi connectivity index (χ0) is 27.1. The number of amides is 1. The van der Waals surface area contributed by atoms with Gasteiger partial charge in [-0.2, -0.15) is 23.0 Å². The molecule has 9 nitrogen and oxygen atoms in total. The first kappa shape index (κ1) is 26.1. The zero-order valence-corrected chi connectivity index (χ0v) is 21.8. The quantitative estimate of drug-likeness (QED) is 0.387. The number of fused-ring (bicyclic) bond motifs is 1. The Bertz CT molecular complexity index is 1560. The third-order valence-electron chi connectivity index (χ3n) is 6.07. The first-order valence-corrected chi connectivity index (χ1v) is 14.3. The lowest BCUT2D eigenvalue weighted by atomic mass is 10.0. The predicted molar refractivity (Wildman–Crippen MR) is 138 cm³/mol. The van der Waals surface area contributed by atoms with Crippen LogP contribution in [0.5, 0.6) is 0 Å². The normalized spacial score (nSPS) is 15.2. The Morgan fingerprint density at radius 3 is 2.53 bits per heavy atom. The molecule has 1 N–H and O–H groups in total. The molecule has 0 aliphatic carbocycles. The molecule has 0 unspecified atom stereocenters. The van der Waals surface area contributed by atoms with E-state index in [1.165, 1.54) is 34.7 Å². The van der Waals surface area contributed by atoms with Crippen molar-refractivity contribution in [3.63, 3.8) is 0 Å². The second kappa shape index (κ2) is 10.0. The standard InChI is InChI=1S/C24H23F3N6O3S2/c1-38(35,36)30-18-13-28-33(15-18)23(34)32-10-8-31(9-11-32)14-17-7-6-16(12-19(17)24(25,26)27)22-29-20-4-2-3-5-21(20)37-22/h2-7,12-13,15,30H,8-11,14H2,1H3. The maximum atomic E-state index is 14.0. The summed E-state index contributed by atoms with van der Waals surface area (Å²) in [5, 5.41) is 4.43. The highest BCUT2D eigenvalue weighted by molar-refractivity contribution is 7.92. The number of thiazole rings is 1. The molecule has 4 aromatic rings. The SMILES string of the molecule is CS(=O)(=O)Nc1cnn(C(=O)N2CCN(Cc3ccc(-c4nc5ccccc5s4)cc3C(F)(F)F)CC2)c1. The molecule has 1 saturated heterocycles. The van der Waals surface area contributed by atoms with Crippen molar-refractivity contribution in [1.82, 2.24) is 24.6 Å². The van der Waals surface area contributed by atoms with Crippen molar-refractivity contribution in [2.24, 2.45) is 0 Å². The minimum atomic E-state index is -4.53. The average Bonchev–Trinajstić information content (AvgIpc) is 3.49. The molecule has 2 aromatic carbocycles. The molecule has 5 rings (SSSR count). The lowest BCUT2D eigenvalue weighted by Crippen LogP contribution is -2.49. The van der Waals surface area contributed by atoms with Crippen molar-refractivity contribution in [2.45, 2.75) is 12.7 Å². The van der Waals surface area contributed by atoms with E-state index in [0.717, 1.165) is 27.2 Å². The minimum absolute atomic E-state index is 0.0845. The number of anilines is 1. The fourth-order valence-electron chi connectivity index (χ4n) is 4.28. The van der Waals surface area contributed by atoms with E-state index in [1.807, 2.05) is 29.2 Å². The number of nitrogens with one attached hydrogen (secondary N) is 1. The lowest BCUT2D eigenvalue weighted by Gasteiger charge is -2.34. The molecule has 200 valence electrons. The number of aromatic nitrogens is 3. The van der Waals surface area contributed by atoms with Gasteiger partial charge in [-0.25, -0.2) is 18.2 Å². The molecule has 1 aliphatic heterocycles. The molecule has 1 fully saturated rings. The summed E-state index contributed by atoms with van der Waals surface area (Å²) < 4.78 is 69.0. The van der Waals surface area contributed by atoms with Crippen LogP contribution in [0.3, 0.4) is 0 Å². The van der Waals surface area contributed by atoms with Crippen LogP contribution in [0, 0.1) is 0 Å². The van der Waals surface area contributed by atoms with Crippen LogP contribution in [-0.4, -0.2) is 71.4 Å². The molecule has 2 aromatic heterocycles. The first-order valence-electron chi connectivity index (χ1n) is 11.6. The smallest absolute Gasteiger partial charge is 0.320 e. The summed E-state index contributed by atoms with van der Waals surface area (Å²) in [5.41, 5.74) is 0.784. The van der Waals surface area contributed by atoms with Crippen molar-refractivity contribution in [2.75, 3.05) is 37.2 Å². The summed E-state index contributed by atoms with van der Waals surface area (Å²) >= 11 is 1.35. The van der Waals surface area contributed by atoms with E-state index in [2.05, 4.69) is 14.8 Å². The van der Waals surface area contributed by atoms with Gasteiger partial charge < -0.3 is 4.90 Å². The second-order valence-corrected chi connectivity index (χ2v) is 11.7. The molecular weight excluding hydrogens is 541 g/mol. The highest BCUT2D eigenvalue weighted by Crippen LogP contribution is 2.37. The summed E-state index contributed by atoms with van der Waals surface area (Å²) in [6.07, 6.45) is -1.04. The molecule has 1 aliphatic rings. The van der Waals surface area contributed by atoms with E-state index in [4.69, 9.17) is 0 Å². The monoisotopic (exact) mass is 564 g/mol. The van der Waals surface area contributed by atoms with Crippen LogP contribution in [-0.2, 0) is 22.7 Å². The van der Waals surface area contributed by atoms with Crippen molar-refractivity contribution in [1.29, 1.82) is 0 Å². The summed E-state index contributed by atoms with van der Waals surface area (Å²) in [6, 6.07) is 11.3. The van der Waals surface area contributed by atoms with E-state index >= 15 is 0 Å². The van der Waals surface area contributed by atoms with Crippen molar-refractivity contribution >= 4 is 43.3 Å². The number of benzene rings is 2. The number of carbonyl (C=O) groups is 1. The van der Waals surface area contributed by atoms with Gasteiger partial charge in [0.1, 0.15) is 5.01 Å². The van der Waals surface area contributed by atoms with E-state index in [9.17, 15) is 26.4 Å². The fourth-order valence-corrected chi connectivity index (χ4v) is 5.78. The molecule has 0 bridgehead atoms. The largest absolute Gasteiger partial charge is 0.416 e. The number of halogens is 3. The highest BCUT2D eigenvalue weighted by atomic mass is 32.2. The maximum absolute atomic E-state index is 14.0. The molecule has 0 saturated carbocycles.